The van der Waals surface area contributed by atoms with Crippen molar-refractivity contribution in [2.75, 3.05) is 7.11 Å². The van der Waals surface area contributed by atoms with E-state index in [0.29, 0.717) is 0 Å². The summed E-state index contributed by atoms with van der Waals surface area (Å²) in [5.74, 6) is 1.63. The number of hydrogen-bond donors (Lipinski definition) is 1. The molecule has 112 valence electrons. The quantitative estimate of drug-likeness (QED) is 0.815. The van der Waals surface area contributed by atoms with Gasteiger partial charge in [-0.15, -0.1) is 11.8 Å². The highest BCUT2D eigenvalue weighted by Gasteiger charge is 2.14. The molecule has 0 unspecified atom stereocenters. The van der Waals surface area contributed by atoms with Crippen molar-refractivity contribution in [2.24, 2.45) is 0 Å². The Labute approximate surface area is 131 Å². The number of benzene rings is 2. The molecule has 2 nitrogen and oxygen atoms in total. The predicted molar refractivity (Wildman–Crippen MR) is 89.1 cm³/mol. The van der Waals surface area contributed by atoms with E-state index in [0.717, 1.165) is 22.0 Å². The second-order valence-corrected chi connectivity index (χ2v) is 6.35. The monoisotopic (exact) mass is 302 g/mol. The SMILES string of the molecule is COc1cccc(SCc2cc(C)cc(C)c2)c1[C@@H](C)O. The molecule has 0 saturated carbocycles. The topological polar surface area (TPSA) is 29.5 Å². The Balaban J connectivity index is 2.23. The zero-order valence-corrected chi connectivity index (χ0v) is 13.8. The Hall–Kier alpha value is -1.45. The first-order valence-electron chi connectivity index (χ1n) is 7.06. The average molecular weight is 302 g/mol. The highest BCUT2D eigenvalue weighted by atomic mass is 32.2. The fraction of sp³-hybridized carbons (Fsp3) is 0.333. The van der Waals surface area contributed by atoms with Crippen LogP contribution in [0, 0.1) is 13.8 Å². The number of aryl methyl sites for hydroxylation is 2. The van der Waals surface area contributed by atoms with E-state index in [9.17, 15) is 5.11 Å². The van der Waals surface area contributed by atoms with E-state index in [1.54, 1.807) is 25.8 Å². The molecule has 0 aliphatic rings. The maximum atomic E-state index is 10.0. The third-order valence-corrected chi connectivity index (χ3v) is 4.48. The van der Waals surface area contributed by atoms with Crippen LogP contribution < -0.4 is 4.74 Å². The second-order valence-electron chi connectivity index (χ2n) is 5.33. The second kappa shape index (κ2) is 7.01. The van der Waals surface area contributed by atoms with Gasteiger partial charge in [0.2, 0.25) is 0 Å². The minimum Gasteiger partial charge on any atom is -0.496 e. The summed E-state index contributed by atoms with van der Waals surface area (Å²) < 4.78 is 5.36. The highest BCUT2D eigenvalue weighted by Crippen LogP contribution is 2.36. The molecular formula is C18H22O2S. The van der Waals surface area contributed by atoms with Gasteiger partial charge in [-0.25, -0.2) is 0 Å². The number of aliphatic hydroxyl groups is 1. The molecule has 0 radical (unpaired) electrons. The van der Waals surface area contributed by atoms with Crippen LogP contribution in [0.3, 0.4) is 0 Å². The molecule has 3 heteroatoms. The van der Waals surface area contributed by atoms with Crippen molar-refractivity contribution >= 4 is 11.8 Å². The van der Waals surface area contributed by atoms with Crippen LogP contribution in [0.25, 0.3) is 0 Å². The fourth-order valence-electron chi connectivity index (χ4n) is 2.55. The van der Waals surface area contributed by atoms with Crippen molar-refractivity contribution < 1.29 is 9.84 Å². The van der Waals surface area contributed by atoms with Gasteiger partial charge in [-0.05, 0) is 38.5 Å². The van der Waals surface area contributed by atoms with E-state index in [1.807, 2.05) is 18.2 Å². The fourth-order valence-corrected chi connectivity index (χ4v) is 3.64. The molecule has 0 saturated heterocycles. The normalized spacial score (nSPS) is 12.2. The molecule has 1 atom stereocenters. The lowest BCUT2D eigenvalue weighted by Gasteiger charge is -2.16. The average Bonchev–Trinajstić information content (AvgIpc) is 2.43. The zero-order valence-electron chi connectivity index (χ0n) is 13.0. The van der Waals surface area contributed by atoms with Crippen molar-refractivity contribution in [3.63, 3.8) is 0 Å². The number of ether oxygens (including phenoxy) is 1. The number of thioether (sulfide) groups is 1. The van der Waals surface area contributed by atoms with Gasteiger partial charge in [0.25, 0.3) is 0 Å². The number of rotatable bonds is 5. The van der Waals surface area contributed by atoms with Gasteiger partial charge in [0, 0.05) is 16.2 Å². The van der Waals surface area contributed by atoms with E-state index in [-0.39, 0.29) is 0 Å². The molecule has 0 bridgehead atoms. The van der Waals surface area contributed by atoms with Crippen molar-refractivity contribution in [1.29, 1.82) is 0 Å². The summed E-state index contributed by atoms with van der Waals surface area (Å²) in [4.78, 5) is 1.07. The molecular weight excluding hydrogens is 280 g/mol. The highest BCUT2D eigenvalue weighted by molar-refractivity contribution is 7.98. The summed E-state index contributed by atoms with van der Waals surface area (Å²) in [5.41, 5.74) is 4.74. The van der Waals surface area contributed by atoms with Gasteiger partial charge in [0.05, 0.1) is 13.2 Å². The van der Waals surface area contributed by atoms with Gasteiger partial charge < -0.3 is 9.84 Å². The lowest BCUT2D eigenvalue weighted by atomic mass is 10.1. The summed E-state index contributed by atoms with van der Waals surface area (Å²) in [5, 5.41) is 10.0. The number of aliphatic hydroxyl groups excluding tert-OH is 1. The van der Waals surface area contributed by atoms with Crippen LogP contribution in [-0.2, 0) is 5.75 Å². The van der Waals surface area contributed by atoms with Crippen molar-refractivity contribution in [3.8, 4) is 5.75 Å². The molecule has 21 heavy (non-hydrogen) atoms. The smallest absolute Gasteiger partial charge is 0.125 e. The summed E-state index contributed by atoms with van der Waals surface area (Å²) in [7, 11) is 1.64. The van der Waals surface area contributed by atoms with Gasteiger partial charge in [0.15, 0.2) is 0 Å². The number of methoxy groups -OCH3 is 1. The van der Waals surface area contributed by atoms with E-state index >= 15 is 0 Å². The zero-order chi connectivity index (χ0) is 15.4. The Morgan fingerprint density at radius 2 is 1.81 bits per heavy atom. The maximum absolute atomic E-state index is 10.0. The molecule has 2 aromatic carbocycles. The Kier molecular flexibility index (Phi) is 5.32. The van der Waals surface area contributed by atoms with Crippen LogP contribution in [0.15, 0.2) is 41.3 Å². The molecule has 2 rings (SSSR count). The lowest BCUT2D eigenvalue weighted by molar-refractivity contribution is 0.191. The van der Waals surface area contributed by atoms with Gasteiger partial charge in [0.1, 0.15) is 5.75 Å². The van der Waals surface area contributed by atoms with Crippen LogP contribution in [0.4, 0.5) is 0 Å². The minimum atomic E-state index is -0.539. The van der Waals surface area contributed by atoms with Crippen LogP contribution >= 0.6 is 11.8 Å². The van der Waals surface area contributed by atoms with Crippen molar-refractivity contribution in [2.45, 2.75) is 37.5 Å². The van der Waals surface area contributed by atoms with Gasteiger partial charge in [-0.1, -0.05) is 35.4 Å². The molecule has 0 spiro atoms. The third-order valence-electron chi connectivity index (χ3n) is 3.34. The lowest BCUT2D eigenvalue weighted by Crippen LogP contribution is -1.99. The Bertz CT molecular complexity index is 600. The first kappa shape index (κ1) is 15.9. The van der Waals surface area contributed by atoms with Crippen LogP contribution in [0.2, 0.25) is 0 Å². The summed E-state index contributed by atoms with van der Waals surface area (Å²) in [6.45, 7) is 6.01. The number of hydrogen-bond acceptors (Lipinski definition) is 3. The molecule has 0 aliphatic carbocycles. The van der Waals surface area contributed by atoms with E-state index < -0.39 is 6.10 Å². The molecule has 0 heterocycles. The first-order valence-corrected chi connectivity index (χ1v) is 8.04. The predicted octanol–water partition coefficient (Wildman–Crippen LogP) is 4.66. The molecule has 0 amide bonds. The van der Waals surface area contributed by atoms with E-state index in [1.165, 1.54) is 16.7 Å². The molecule has 0 aromatic heterocycles. The molecule has 1 N–H and O–H groups in total. The minimum absolute atomic E-state index is 0.539. The van der Waals surface area contributed by atoms with Gasteiger partial charge in [-0.3, -0.25) is 0 Å². The summed E-state index contributed by atoms with van der Waals surface area (Å²) in [6.07, 6.45) is -0.539. The van der Waals surface area contributed by atoms with Crippen molar-refractivity contribution in [1.82, 2.24) is 0 Å². The van der Waals surface area contributed by atoms with E-state index in [4.69, 9.17) is 4.74 Å². The van der Waals surface area contributed by atoms with E-state index in [2.05, 4.69) is 32.0 Å². The standard InChI is InChI=1S/C18H22O2S/c1-12-8-13(2)10-15(9-12)11-21-17-7-5-6-16(20-4)18(17)14(3)19/h5-10,14,19H,11H2,1-4H3/t14-/m1/s1. The van der Waals surface area contributed by atoms with Gasteiger partial charge >= 0.3 is 0 Å². The Morgan fingerprint density at radius 3 is 2.38 bits per heavy atom. The largest absolute Gasteiger partial charge is 0.496 e. The van der Waals surface area contributed by atoms with Crippen LogP contribution in [-0.4, -0.2) is 12.2 Å². The molecule has 0 fully saturated rings. The first-order chi connectivity index (χ1) is 10.0. The molecule has 0 aliphatic heterocycles. The Morgan fingerprint density at radius 1 is 1.14 bits per heavy atom. The van der Waals surface area contributed by atoms with Crippen molar-refractivity contribution in [3.05, 3.63) is 58.7 Å². The van der Waals surface area contributed by atoms with Crippen LogP contribution in [0.5, 0.6) is 5.75 Å². The van der Waals surface area contributed by atoms with Gasteiger partial charge in [-0.2, -0.15) is 0 Å². The maximum Gasteiger partial charge on any atom is 0.125 e. The van der Waals surface area contributed by atoms with Crippen LogP contribution in [0.1, 0.15) is 35.3 Å². The summed E-state index contributed by atoms with van der Waals surface area (Å²) >= 11 is 1.74. The summed E-state index contributed by atoms with van der Waals surface area (Å²) in [6, 6.07) is 12.5. The third kappa shape index (κ3) is 4.02. The molecule has 2 aromatic rings.